The molecule has 0 aromatic carbocycles. The van der Waals surface area contributed by atoms with E-state index in [-0.39, 0.29) is 6.10 Å². The highest BCUT2D eigenvalue weighted by molar-refractivity contribution is 4.71. The summed E-state index contributed by atoms with van der Waals surface area (Å²) < 4.78 is 53.1. The molecule has 0 aromatic heterocycles. The smallest absolute Gasteiger partial charge is 0.330 e. The second-order valence-corrected chi connectivity index (χ2v) is 3.63. The highest BCUT2D eigenvalue weighted by Crippen LogP contribution is 2.26. The summed E-state index contributed by atoms with van der Waals surface area (Å²) in [5.74, 6) is -4.00. The molecule has 14 heavy (non-hydrogen) atoms. The molecule has 84 valence electrons. The first-order valence-electron chi connectivity index (χ1n) is 4.80. The van der Waals surface area contributed by atoms with Crippen LogP contribution in [0.2, 0.25) is 0 Å². The molecule has 0 aliphatic heterocycles. The van der Waals surface area contributed by atoms with Gasteiger partial charge < -0.3 is 4.74 Å². The number of rotatable bonds is 4. The van der Waals surface area contributed by atoms with E-state index in [1.807, 2.05) is 0 Å². The van der Waals surface area contributed by atoms with Crippen LogP contribution in [0.3, 0.4) is 0 Å². The van der Waals surface area contributed by atoms with Crippen molar-refractivity contribution in [2.45, 2.75) is 50.6 Å². The summed E-state index contributed by atoms with van der Waals surface area (Å²) in [5, 5.41) is 0. The summed E-state index contributed by atoms with van der Waals surface area (Å²) in [4.78, 5) is 0. The Bertz CT molecular complexity index is 166. The van der Waals surface area contributed by atoms with E-state index in [0.29, 0.717) is 12.8 Å². The van der Waals surface area contributed by atoms with Crippen LogP contribution in [0.4, 0.5) is 17.6 Å². The van der Waals surface area contributed by atoms with Gasteiger partial charge in [-0.3, -0.25) is 0 Å². The molecule has 0 atom stereocenters. The minimum absolute atomic E-state index is 0.256. The molecule has 5 heteroatoms. The van der Waals surface area contributed by atoms with Gasteiger partial charge in [-0.15, -0.1) is 0 Å². The Hall–Kier alpha value is -0.320. The fraction of sp³-hybridized carbons (Fsp3) is 1.00. The van der Waals surface area contributed by atoms with Gasteiger partial charge >= 0.3 is 12.3 Å². The Labute approximate surface area is 80.4 Å². The molecule has 1 rings (SSSR count). The van der Waals surface area contributed by atoms with Crippen molar-refractivity contribution >= 4 is 0 Å². The zero-order valence-electron chi connectivity index (χ0n) is 7.82. The predicted molar refractivity (Wildman–Crippen MR) is 43.8 cm³/mol. The van der Waals surface area contributed by atoms with Gasteiger partial charge in [0.15, 0.2) is 0 Å². The number of hydrogen-bond donors (Lipinski definition) is 0. The monoisotopic (exact) mass is 214 g/mol. The van der Waals surface area contributed by atoms with E-state index in [2.05, 4.69) is 0 Å². The maximum Gasteiger partial charge on any atom is 0.330 e. The molecular formula is C9H14F4O. The molecule has 0 unspecified atom stereocenters. The van der Waals surface area contributed by atoms with E-state index in [1.165, 1.54) is 0 Å². The topological polar surface area (TPSA) is 9.23 Å². The van der Waals surface area contributed by atoms with Crippen molar-refractivity contribution in [2.24, 2.45) is 0 Å². The molecule has 1 nitrogen and oxygen atoms in total. The first kappa shape index (κ1) is 11.8. The molecule has 0 N–H and O–H groups in total. The van der Waals surface area contributed by atoms with Crippen LogP contribution in [0.25, 0.3) is 0 Å². The summed E-state index contributed by atoms with van der Waals surface area (Å²) in [6, 6.07) is 0. The molecule has 1 aliphatic carbocycles. The van der Waals surface area contributed by atoms with Crippen molar-refractivity contribution in [3.63, 3.8) is 0 Å². The molecule has 0 aromatic rings. The number of hydrogen-bond acceptors (Lipinski definition) is 1. The fourth-order valence-corrected chi connectivity index (χ4v) is 1.52. The fourth-order valence-electron chi connectivity index (χ4n) is 1.52. The summed E-state index contributed by atoms with van der Waals surface area (Å²) in [7, 11) is 0. The molecule has 0 heterocycles. The molecule has 1 fully saturated rings. The Morgan fingerprint density at radius 1 is 1.14 bits per heavy atom. The van der Waals surface area contributed by atoms with Crippen LogP contribution in [0.1, 0.15) is 32.1 Å². The molecule has 0 saturated heterocycles. The maximum atomic E-state index is 12.4. The van der Waals surface area contributed by atoms with Crippen molar-refractivity contribution in [1.29, 1.82) is 0 Å². The van der Waals surface area contributed by atoms with Gasteiger partial charge in [0.1, 0.15) is 6.61 Å². The average molecular weight is 214 g/mol. The van der Waals surface area contributed by atoms with Crippen molar-refractivity contribution in [1.82, 2.24) is 0 Å². The van der Waals surface area contributed by atoms with E-state index in [9.17, 15) is 17.6 Å². The Morgan fingerprint density at radius 2 is 1.71 bits per heavy atom. The van der Waals surface area contributed by atoms with Crippen LogP contribution in [0.5, 0.6) is 0 Å². The molecule has 1 saturated carbocycles. The van der Waals surface area contributed by atoms with Gasteiger partial charge in [0.25, 0.3) is 0 Å². The summed E-state index contributed by atoms with van der Waals surface area (Å²) in [6.07, 6.45) is 0.471. The van der Waals surface area contributed by atoms with Gasteiger partial charge in [0, 0.05) is 0 Å². The van der Waals surface area contributed by atoms with Crippen LogP contribution in [-0.2, 0) is 4.74 Å². The molecular weight excluding hydrogens is 200 g/mol. The highest BCUT2D eigenvalue weighted by Gasteiger charge is 2.41. The van der Waals surface area contributed by atoms with E-state index < -0.39 is 19.0 Å². The summed E-state index contributed by atoms with van der Waals surface area (Å²) in [5.41, 5.74) is 0. The van der Waals surface area contributed by atoms with E-state index in [1.54, 1.807) is 0 Å². The van der Waals surface area contributed by atoms with Crippen LogP contribution in [0.15, 0.2) is 0 Å². The maximum absolute atomic E-state index is 12.4. The van der Waals surface area contributed by atoms with Gasteiger partial charge in [0.05, 0.1) is 6.10 Å². The number of alkyl halides is 4. The van der Waals surface area contributed by atoms with Crippen LogP contribution >= 0.6 is 0 Å². The summed E-state index contributed by atoms with van der Waals surface area (Å²) in [6.45, 7) is -1.16. The lowest BCUT2D eigenvalue weighted by Gasteiger charge is -2.24. The van der Waals surface area contributed by atoms with Gasteiger partial charge in [-0.05, 0) is 12.8 Å². The average Bonchev–Trinajstić information content (AvgIpc) is 2.16. The third-order valence-corrected chi connectivity index (χ3v) is 2.38. The van der Waals surface area contributed by atoms with Crippen LogP contribution in [-0.4, -0.2) is 25.1 Å². The molecule has 0 amide bonds. The Morgan fingerprint density at radius 3 is 2.21 bits per heavy atom. The van der Waals surface area contributed by atoms with Crippen molar-refractivity contribution in [2.75, 3.05) is 6.61 Å². The molecule has 0 bridgehead atoms. The third-order valence-electron chi connectivity index (χ3n) is 2.38. The predicted octanol–water partition coefficient (Wildman–Crippen LogP) is 3.24. The minimum Gasteiger partial charge on any atom is -0.372 e. The zero-order chi connectivity index (χ0) is 10.6. The lowest BCUT2D eigenvalue weighted by molar-refractivity contribution is -0.178. The third kappa shape index (κ3) is 3.44. The van der Waals surface area contributed by atoms with Gasteiger partial charge in [0.2, 0.25) is 0 Å². The quantitative estimate of drug-likeness (QED) is 0.653. The lowest BCUT2D eigenvalue weighted by Crippen LogP contribution is -2.34. The van der Waals surface area contributed by atoms with E-state index >= 15 is 0 Å². The van der Waals surface area contributed by atoms with Gasteiger partial charge in [-0.25, -0.2) is 8.78 Å². The molecule has 0 spiro atoms. The number of halogens is 4. The first-order valence-corrected chi connectivity index (χ1v) is 4.80. The number of ether oxygens (including phenoxy) is 1. The highest BCUT2D eigenvalue weighted by atomic mass is 19.3. The largest absolute Gasteiger partial charge is 0.372 e. The Balaban J connectivity index is 2.24. The van der Waals surface area contributed by atoms with Crippen molar-refractivity contribution in [3.8, 4) is 0 Å². The van der Waals surface area contributed by atoms with Crippen LogP contribution in [0, 0.1) is 0 Å². The van der Waals surface area contributed by atoms with Gasteiger partial charge in [-0.1, -0.05) is 19.3 Å². The normalized spacial score (nSPS) is 20.4. The van der Waals surface area contributed by atoms with E-state index in [4.69, 9.17) is 4.74 Å². The second-order valence-electron chi connectivity index (χ2n) is 3.63. The first-order chi connectivity index (χ1) is 6.52. The zero-order valence-corrected chi connectivity index (χ0v) is 7.82. The standard InChI is InChI=1S/C9H14F4O/c10-8(11)9(12,13)6-14-7-4-2-1-3-5-7/h7-8H,1-6H2. The van der Waals surface area contributed by atoms with Crippen molar-refractivity contribution < 1.29 is 22.3 Å². The minimum atomic E-state index is -4.00. The lowest BCUT2D eigenvalue weighted by atomic mass is 9.98. The van der Waals surface area contributed by atoms with Crippen molar-refractivity contribution in [3.05, 3.63) is 0 Å². The van der Waals surface area contributed by atoms with E-state index in [0.717, 1.165) is 19.3 Å². The molecule has 1 aliphatic rings. The molecule has 0 radical (unpaired) electrons. The SMILES string of the molecule is FC(F)C(F)(F)COC1CCCCC1. The Kier molecular flexibility index (Phi) is 4.16. The summed E-state index contributed by atoms with van der Waals surface area (Å²) >= 11 is 0. The van der Waals surface area contributed by atoms with Crippen LogP contribution < -0.4 is 0 Å². The van der Waals surface area contributed by atoms with Gasteiger partial charge in [-0.2, -0.15) is 8.78 Å². The second kappa shape index (κ2) is 4.96.